The maximum Gasteiger partial charge on any atom is 0.335 e. The zero-order valence-corrected chi connectivity index (χ0v) is 17.4. The second-order valence-electron chi connectivity index (χ2n) is 7.83. The Balaban J connectivity index is 1.73. The van der Waals surface area contributed by atoms with Crippen LogP contribution >= 0.6 is 11.6 Å². The molecule has 32 heavy (non-hydrogen) atoms. The van der Waals surface area contributed by atoms with Crippen LogP contribution in [-0.2, 0) is 0 Å². The number of para-hydroxylation sites is 1. The number of carbonyl (C=O) groups is 2. The number of rotatable bonds is 5. The molecular formula is C25H16ClF2NO3. The lowest BCUT2D eigenvalue weighted by molar-refractivity contribution is 0.0696. The Bertz CT molecular complexity index is 1420. The van der Waals surface area contributed by atoms with Crippen LogP contribution in [0.2, 0.25) is 5.02 Å². The molecule has 7 heteroatoms. The van der Waals surface area contributed by atoms with Crippen LogP contribution in [0.1, 0.15) is 50.6 Å². The van der Waals surface area contributed by atoms with Gasteiger partial charge < -0.3 is 9.67 Å². The van der Waals surface area contributed by atoms with Crippen LogP contribution in [0.3, 0.4) is 0 Å². The highest BCUT2D eigenvalue weighted by molar-refractivity contribution is 6.36. The molecule has 1 aromatic heterocycles. The van der Waals surface area contributed by atoms with Crippen molar-refractivity contribution >= 4 is 34.3 Å². The summed E-state index contributed by atoms with van der Waals surface area (Å²) >= 11 is 6.41. The number of nitrogens with zero attached hydrogens (tertiary/aromatic N) is 1. The van der Waals surface area contributed by atoms with Gasteiger partial charge in [-0.25, -0.2) is 13.6 Å². The topological polar surface area (TPSA) is 59.3 Å². The zero-order chi connectivity index (χ0) is 22.6. The largest absolute Gasteiger partial charge is 0.478 e. The summed E-state index contributed by atoms with van der Waals surface area (Å²) in [6, 6.07) is 13.0. The Morgan fingerprint density at radius 2 is 1.75 bits per heavy atom. The lowest BCUT2D eigenvalue weighted by Gasteiger charge is -2.09. The van der Waals surface area contributed by atoms with Crippen LogP contribution in [0.4, 0.5) is 8.78 Å². The van der Waals surface area contributed by atoms with E-state index in [0.29, 0.717) is 16.0 Å². The average molecular weight is 452 g/mol. The minimum Gasteiger partial charge on any atom is -0.478 e. The Hall–Kier alpha value is -3.51. The molecule has 0 atom stereocenters. The van der Waals surface area contributed by atoms with Gasteiger partial charge in [-0.2, -0.15) is 0 Å². The first-order chi connectivity index (χ1) is 15.4. The minimum atomic E-state index is -1.28. The van der Waals surface area contributed by atoms with Gasteiger partial charge >= 0.3 is 5.97 Å². The van der Waals surface area contributed by atoms with Crippen LogP contribution in [0, 0.1) is 11.6 Å². The first-order valence-corrected chi connectivity index (χ1v) is 10.4. The van der Waals surface area contributed by atoms with Gasteiger partial charge in [0.05, 0.1) is 21.8 Å². The van der Waals surface area contributed by atoms with Crippen LogP contribution < -0.4 is 0 Å². The van der Waals surface area contributed by atoms with Gasteiger partial charge in [-0.15, -0.1) is 0 Å². The number of benzene rings is 3. The molecule has 4 nitrogen and oxygen atoms in total. The highest BCUT2D eigenvalue weighted by atomic mass is 35.5. The lowest BCUT2D eigenvalue weighted by atomic mass is 9.95. The van der Waals surface area contributed by atoms with Crippen LogP contribution in [0.5, 0.6) is 0 Å². The fourth-order valence-corrected chi connectivity index (χ4v) is 4.36. The number of carboxylic acid groups (broad SMARTS) is 1. The molecule has 1 N–H and O–H groups in total. The molecule has 4 aromatic rings. The standard InChI is InChI=1S/C25H16ClF2NO3/c26-18-5-1-3-15(13-7-8-13)22(18)24(30)17-12-29(23-16(17)4-2-6-19(23)27)21-10-9-14(25(31)32)11-20(21)28/h1-6,9-13H,7-8H2,(H,31,32). The third-order valence-electron chi connectivity index (χ3n) is 5.76. The Morgan fingerprint density at radius 3 is 2.44 bits per heavy atom. The minimum absolute atomic E-state index is 0.0258. The predicted octanol–water partition coefficient (Wildman–Crippen LogP) is 6.37. The van der Waals surface area contributed by atoms with Crippen LogP contribution in [0.15, 0.2) is 60.8 Å². The predicted molar refractivity (Wildman–Crippen MR) is 117 cm³/mol. The van der Waals surface area contributed by atoms with E-state index in [1.165, 1.54) is 35.0 Å². The molecular weight excluding hydrogens is 436 g/mol. The van der Waals surface area contributed by atoms with Crippen molar-refractivity contribution in [2.24, 2.45) is 0 Å². The van der Waals surface area contributed by atoms with Crippen molar-refractivity contribution in [1.29, 1.82) is 0 Å². The van der Waals surface area contributed by atoms with E-state index in [9.17, 15) is 18.4 Å². The van der Waals surface area contributed by atoms with Crippen molar-refractivity contribution in [2.45, 2.75) is 18.8 Å². The number of aromatic carboxylic acids is 1. The normalized spacial score (nSPS) is 13.5. The molecule has 0 spiro atoms. The molecule has 1 fully saturated rings. The second kappa shape index (κ2) is 7.57. The van der Waals surface area contributed by atoms with E-state index in [0.717, 1.165) is 24.5 Å². The molecule has 1 aliphatic rings. The number of ketones is 1. The van der Waals surface area contributed by atoms with Crippen molar-refractivity contribution in [3.05, 3.63) is 99.7 Å². The van der Waals surface area contributed by atoms with Crippen molar-refractivity contribution in [1.82, 2.24) is 4.57 Å². The summed E-state index contributed by atoms with van der Waals surface area (Å²) in [6.45, 7) is 0. The van der Waals surface area contributed by atoms with E-state index in [4.69, 9.17) is 16.7 Å². The molecule has 1 aliphatic carbocycles. The van der Waals surface area contributed by atoms with Gasteiger partial charge in [-0.05, 0) is 54.7 Å². The van der Waals surface area contributed by atoms with Gasteiger partial charge in [0.25, 0.3) is 0 Å². The molecule has 1 heterocycles. The number of hydrogen-bond donors (Lipinski definition) is 1. The first kappa shape index (κ1) is 20.4. The maximum atomic E-state index is 14.9. The Labute approximate surface area is 186 Å². The SMILES string of the molecule is O=C(O)c1ccc(-n2cc(C(=O)c3c(Cl)cccc3C3CC3)c3cccc(F)c32)c(F)c1. The zero-order valence-electron chi connectivity index (χ0n) is 16.6. The van der Waals surface area contributed by atoms with Crippen molar-refractivity contribution in [2.75, 3.05) is 0 Å². The summed E-state index contributed by atoms with van der Waals surface area (Å²) in [5.74, 6) is -2.86. The Morgan fingerprint density at radius 1 is 1.00 bits per heavy atom. The molecule has 5 rings (SSSR count). The number of carboxylic acids is 1. The summed E-state index contributed by atoms with van der Waals surface area (Å²) in [5.41, 5.74) is 1.16. The summed E-state index contributed by atoms with van der Waals surface area (Å²) in [6.07, 6.45) is 3.32. The molecule has 0 saturated heterocycles. The van der Waals surface area contributed by atoms with Gasteiger partial charge in [0, 0.05) is 22.7 Å². The van der Waals surface area contributed by atoms with Gasteiger partial charge in [-0.1, -0.05) is 35.9 Å². The number of hydrogen-bond acceptors (Lipinski definition) is 2. The number of carbonyl (C=O) groups excluding carboxylic acids is 1. The first-order valence-electron chi connectivity index (χ1n) is 10.0. The van der Waals surface area contributed by atoms with E-state index < -0.39 is 17.6 Å². The smallest absolute Gasteiger partial charge is 0.335 e. The van der Waals surface area contributed by atoms with E-state index in [-0.39, 0.29) is 34.0 Å². The molecule has 0 aliphatic heterocycles. The maximum absolute atomic E-state index is 14.9. The summed E-state index contributed by atoms with van der Waals surface area (Å²) < 4.78 is 30.9. The average Bonchev–Trinajstić information content (AvgIpc) is 3.54. The second-order valence-corrected chi connectivity index (χ2v) is 8.23. The van der Waals surface area contributed by atoms with Gasteiger partial charge in [0.2, 0.25) is 0 Å². The number of aromatic nitrogens is 1. The summed E-state index contributed by atoms with van der Waals surface area (Å²) in [4.78, 5) is 24.8. The molecule has 0 unspecified atom stereocenters. The third kappa shape index (κ3) is 3.28. The van der Waals surface area contributed by atoms with E-state index in [1.807, 2.05) is 6.07 Å². The van der Waals surface area contributed by atoms with E-state index in [2.05, 4.69) is 0 Å². The molecule has 0 radical (unpaired) electrons. The third-order valence-corrected chi connectivity index (χ3v) is 6.08. The quantitative estimate of drug-likeness (QED) is 0.359. The van der Waals surface area contributed by atoms with Gasteiger partial charge in [-0.3, -0.25) is 4.79 Å². The number of fused-ring (bicyclic) bond motifs is 1. The van der Waals surface area contributed by atoms with Crippen molar-refractivity contribution in [3.8, 4) is 5.69 Å². The van der Waals surface area contributed by atoms with Crippen molar-refractivity contribution < 1.29 is 23.5 Å². The summed E-state index contributed by atoms with van der Waals surface area (Å²) in [7, 11) is 0. The molecule has 3 aromatic carbocycles. The van der Waals surface area contributed by atoms with Crippen LogP contribution in [0.25, 0.3) is 16.6 Å². The molecule has 1 saturated carbocycles. The number of halogens is 3. The molecule has 0 amide bonds. The molecule has 160 valence electrons. The van der Waals surface area contributed by atoms with E-state index >= 15 is 0 Å². The summed E-state index contributed by atoms with van der Waals surface area (Å²) in [5, 5.41) is 9.73. The Kier molecular flexibility index (Phi) is 4.82. The highest BCUT2D eigenvalue weighted by Crippen LogP contribution is 2.44. The van der Waals surface area contributed by atoms with Crippen LogP contribution in [-0.4, -0.2) is 21.4 Å². The van der Waals surface area contributed by atoms with Gasteiger partial charge in [0.15, 0.2) is 5.78 Å². The van der Waals surface area contributed by atoms with Crippen molar-refractivity contribution in [3.63, 3.8) is 0 Å². The lowest BCUT2D eigenvalue weighted by Crippen LogP contribution is -2.06. The van der Waals surface area contributed by atoms with Gasteiger partial charge in [0.1, 0.15) is 11.6 Å². The molecule has 0 bridgehead atoms. The monoisotopic (exact) mass is 451 g/mol. The fraction of sp³-hybridized carbons (Fsp3) is 0.120. The van der Waals surface area contributed by atoms with E-state index in [1.54, 1.807) is 18.2 Å². The highest BCUT2D eigenvalue weighted by Gasteiger charge is 2.31. The fourth-order valence-electron chi connectivity index (χ4n) is 4.10.